The van der Waals surface area contributed by atoms with Crippen LogP contribution in [-0.4, -0.2) is 38.9 Å². The van der Waals surface area contributed by atoms with Crippen molar-refractivity contribution < 1.29 is 19.7 Å². The highest BCUT2D eigenvalue weighted by Crippen LogP contribution is 2.48. The predicted octanol–water partition coefficient (Wildman–Crippen LogP) is 4.12. The summed E-state index contributed by atoms with van der Waals surface area (Å²) in [6.07, 6.45) is 7.18. The number of carboxylic acid groups (broad SMARTS) is 1. The van der Waals surface area contributed by atoms with Crippen LogP contribution in [0.2, 0.25) is 0 Å². The zero-order chi connectivity index (χ0) is 19.1. The molecule has 1 saturated heterocycles. The molecule has 0 radical (unpaired) electrons. The second-order valence-electron chi connectivity index (χ2n) is 6.29. The van der Waals surface area contributed by atoms with Gasteiger partial charge in [-0.15, -0.1) is 23.5 Å². The number of thioether (sulfide) groups is 2. The number of carboxylic acids is 1. The van der Waals surface area contributed by atoms with Crippen LogP contribution in [0.5, 0.6) is 5.75 Å². The fourth-order valence-electron chi connectivity index (χ4n) is 2.97. The molecular formula is C21H22O4S2. The lowest BCUT2D eigenvalue weighted by atomic mass is 9.86. The maximum Gasteiger partial charge on any atom is 0.303 e. The van der Waals surface area contributed by atoms with Crippen LogP contribution in [-0.2, 0) is 10.4 Å². The monoisotopic (exact) mass is 402 g/mol. The summed E-state index contributed by atoms with van der Waals surface area (Å²) >= 11 is 3.57. The summed E-state index contributed by atoms with van der Waals surface area (Å²) in [5, 5.41) is 20.4. The molecule has 27 heavy (non-hydrogen) atoms. The maximum absolute atomic E-state index is 11.8. The number of benzene rings is 1. The molecule has 1 aliphatic heterocycles. The van der Waals surface area contributed by atoms with Crippen LogP contribution in [0.1, 0.15) is 24.8 Å². The zero-order valence-electron chi connectivity index (χ0n) is 14.9. The van der Waals surface area contributed by atoms with E-state index in [9.17, 15) is 9.90 Å². The smallest absolute Gasteiger partial charge is 0.303 e. The average molecular weight is 403 g/mol. The molecular weight excluding hydrogens is 380 g/mol. The van der Waals surface area contributed by atoms with E-state index in [1.54, 1.807) is 35.7 Å². The third-order valence-corrected chi connectivity index (χ3v) is 7.52. The lowest BCUT2D eigenvalue weighted by molar-refractivity contribution is -0.137. The SMILES string of the molecule is O=C(O)CCCOc1ccc(C(O)(C2=CC=C=C=C2)C2SCCCS2)cc1. The standard InChI is InChI=1S/C21H22O4S2/c22-19(23)8-4-13-25-18-11-9-17(10-12-18)21(24,16-6-2-1-3-7-16)20-26-14-5-15-27-20/h2,6-7,9-12,20,24H,4-5,8,13-15H2,(H,22,23). The van der Waals surface area contributed by atoms with Gasteiger partial charge in [0.2, 0.25) is 0 Å². The van der Waals surface area contributed by atoms with Gasteiger partial charge in [-0.3, -0.25) is 4.79 Å². The first kappa shape index (κ1) is 19.9. The van der Waals surface area contributed by atoms with Crippen molar-refractivity contribution in [2.45, 2.75) is 29.4 Å². The fraction of sp³-hybridized carbons (Fsp3) is 0.381. The number of rotatable bonds is 8. The Bertz CT molecular complexity index is 796. The number of aliphatic carboxylic acids is 1. The van der Waals surface area contributed by atoms with Gasteiger partial charge in [0.15, 0.2) is 0 Å². The lowest BCUT2D eigenvalue weighted by Crippen LogP contribution is -2.39. The number of aliphatic hydroxyl groups is 1. The van der Waals surface area contributed by atoms with E-state index in [1.807, 2.05) is 30.3 Å². The Hall–Kier alpha value is -1.81. The van der Waals surface area contributed by atoms with Crippen LogP contribution < -0.4 is 4.74 Å². The molecule has 1 unspecified atom stereocenters. The van der Waals surface area contributed by atoms with E-state index in [0.29, 0.717) is 18.8 Å². The molecule has 1 aromatic carbocycles. The van der Waals surface area contributed by atoms with E-state index in [0.717, 1.165) is 29.1 Å². The average Bonchev–Trinajstić information content (AvgIpc) is 2.72. The normalized spacial score (nSPS) is 18.8. The molecule has 1 aromatic rings. The molecule has 4 nitrogen and oxygen atoms in total. The molecule has 1 heterocycles. The Morgan fingerprint density at radius 2 is 1.96 bits per heavy atom. The molecule has 6 heteroatoms. The van der Waals surface area contributed by atoms with Crippen LogP contribution in [0.3, 0.4) is 0 Å². The fourth-order valence-corrected chi connectivity index (χ4v) is 6.19. The number of ether oxygens (including phenoxy) is 1. The van der Waals surface area contributed by atoms with Gasteiger partial charge in [-0.1, -0.05) is 23.6 Å². The van der Waals surface area contributed by atoms with Crippen LogP contribution in [0.25, 0.3) is 0 Å². The van der Waals surface area contributed by atoms with E-state index < -0.39 is 11.6 Å². The molecule has 0 saturated carbocycles. The van der Waals surface area contributed by atoms with E-state index in [-0.39, 0.29) is 11.0 Å². The number of carbonyl (C=O) groups is 1. The summed E-state index contributed by atoms with van der Waals surface area (Å²) in [6, 6.07) is 7.44. The molecule has 1 atom stereocenters. The van der Waals surface area contributed by atoms with Gasteiger partial charge in [0.25, 0.3) is 0 Å². The van der Waals surface area contributed by atoms with Crippen LogP contribution in [0.15, 0.2) is 59.5 Å². The summed E-state index contributed by atoms with van der Waals surface area (Å²) in [5.41, 5.74) is 6.35. The summed E-state index contributed by atoms with van der Waals surface area (Å²) in [4.78, 5) is 10.6. The molecule has 0 amide bonds. The van der Waals surface area contributed by atoms with Crippen molar-refractivity contribution in [1.29, 1.82) is 0 Å². The second-order valence-corrected chi connectivity index (χ2v) is 9.01. The molecule has 0 spiro atoms. The Labute approximate surface area is 167 Å². The Balaban J connectivity index is 1.78. The first-order valence-corrected chi connectivity index (χ1v) is 11.0. The van der Waals surface area contributed by atoms with E-state index in [1.165, 1.54) is 0 Å². The van der Waals surface area contributed by atoms with E-state index >= 15 is 0 Å². The third kappa shape index (κ3) is 4.92. The van der Waals surface area contributed by atoms with Gasteiger partial charge in [-0.25, -0.2) is 0 Å². The first-order chi connectivity index (χ1) is 13.1. The topological polar surface area (TPSA) is 66.8 Å². The van der Waals surface area contributed by atoms with Gasteiger partial charge in [-0.2, -0.15) is 0 Å². The Morgan fingerprint density at radius 1 is 1.22 bits per heavy atom. The highest BCUT2D eigenvalue weighted by atomic mass is 32.2. The minimum absolute atomic E-state index is 0.00406. The van der Waals surface area contributed by atoms with Gasteiger partial charge in [0.05, 0.1) is 11.2 Å². The summed E-state index contributed by atoms with van der Waals surface area (Å²) in [5.74, 6) is 1.92. The van der Waals surface area contributed by atoms with Crippen LogP contribution >= 0.6 is 23.5 Å². The molecule has 2 N–H and O–H groups in total. The van der Waals surface area contributed by atoms with Crippen molar-refractivity contribution in [3.8, 4) is 5.75 Å². The van der Waals surface area contributed by atoms with E-state index in [2.05, 4.69) is 11.5 Å². The predicted molar refractivity (Wildman–Crippen MR) is 110 cm³/mol. The quantitative estimate of drug-likeness (QED) is 0.504. The third-order valence-electron chi connectivity index (χ3n) is 4.36. The number of hydrogen-bond acceptors (Lipinski definition) is 5. The van der Waals surface area contributed by atoms with Gasteiger partial charge >= 0.3 is 5.97 Å². The van der Waals surface area contributed by atoms with Crippen LogP contribution in [0, 0.1) is 0 Å². The highest BCUT2D eigenvalue weighted by molar-refractivity contribution is 8.17. The Kier molecular flexibility index (Phi) is 6.95. The molecule has 1 fully saturated rings. The van der Waals surface area contributed by atoms with Gasteiger partial charge < -0.3 is 14.9 Å². The molecule has 1 aliphatic carbocycles. The van der Waals surface area contributed by atoms with Crippen molar-refractivity contribution in [3.63, 3.8) is 0 Å². The highest BCUT2D eigenvalue weighted by Gasteiger charge is 2.42. The van der Waals surface area contributed by atoms with Crippen molar-refractivity contribution in [1.82, 2.24) is 0 Å². The van der Waals surface area contributed by atoms with Crippen molar-refractivity contribution in [2.24, 2.45) is 0 Å². The van der Waals surface area contributed by atoms with Gasteiger partial charge in [-0.05, 0) is 65.8 Å². The molecule has 0 aromatic heterocycles. The van der Waals surface area contributed by atoms with Crippen molar-refractivity contribution in [3.05, 3.63) is 65.1 Å². The first-order valence-electron chi connectivity index (χ1n) is 8.89. The molecule has 0 bridgehead atoms. The molecule has 3 rings (SSSR count). The number of hydrogen-bond donors (Lipinski definition) is 2. The van der Waals surface area contributed by atoms with Crippen molar-refractivity contribution >= 4 is 29.5 Å². The zero-order valence-corrected chi connectivity index (χ0v) is 16.5. The Morgan fingerprint density at radius 3 is 2.59 bits per heavy atom. The van der Waals surface area contributed by atoms with Gasteiger partial charge in [0.1, 0.15) is 11.4 Å². The minimum Gasteiger partial charge on any atom is -0.494 e. The molecule has 2 aliphatic rings. The summed E-state index contributed by atoms with van der Waals surface area (Å²) in [7, 11) is 0. The summed E-state index contributed by atoms with van der Waals surface area (Å²) in [6.45, 7) is 0.355. The molecule has 142 valence electrons. The van der Waals surface area contributed by atoms with E-state index in [4.69, 9.17) is 9.84 Å². The van der Waals surface area contributed by atoms with Gasteiger partial charge in [0, 0.05) is 6.42 Å². The van der Waals surface area contributed by atoms with Crippen molar-refractivity contribution in [2.75, 3.05) is 18.1 Å². The largest absolute Gasteiger partial charge is 0.494 e. The number of allylic oxidation sites excluding steroid dienone is 2. The van der Waals surface area contributed by atoms with Crippen LogP contribution in [0.4, 0.5) is 0 Å². The maximum atomic E-state index is 11.8. The second kappa shape index (κ2) is 9.41. The lowest BCUT2D eigenvalue weighted by Gasteiger charge is -2.39. The summed E-state index contributed by atoms with van der Waals surface area (Å²) < 4.78 is 5.61. The minimum atomic E-state index is -1.12.